The molecule has 0 aliphatic rings. The van der Waals surface area contributed by atoms with Crippen molar-refractivity contribution in [2.45, 2.75) is 19.6 Å². The van der Waals surface area contributed by atoms with Gasteiger partial charge in [0.25, 0.3) is 0 Å². The van der Waals surface area contributed by atoms with E-state index in [-0.39, 0.29) is 0 Å². The number of aromatic amines is 1. The average molecular weight is 243 g/mol. The minimum atomic E-state index is -0.861. The number of aromatic nitrogens is 1. The Hall–Kier alpha value is -0.880. The number of aliphatic hydroxyl groups is 1. The van der Waals surface area contributed by atoms with Crippen LogP contribution in [0.15, 0.2) is 12.3 Å². The molecule has 5 heteroatoms. The molecule has 0 aliphatic carbocycles. The molecular formula is C12H21NO4. The third-order valence-corrected chi connectivity index (χ3v) is 2.39. The Kier molecular flexibility index (Phi) is 6.88. The van der Waals surface area contributed by atoms with Crippen LogP contribution in [0.1, 0.15) is 24.5 Å². The van der Waals surface area contributed by atoms with E-state index in [1.54, 1.807) is 13.3 Å². The molecule has 2 N–H and O–H groups in total. The predicted molar refractivity (Wildman–Crippen MR) is 63.8 cm³/mol. The van der Waals surface area contributed by atoms with Crippen LogP contribution in [0, 0.1) is 0 Å². The second kappa shape index (κ2) is 8.25. The summed E-state index contributed by atoms with van der Waals surface area (Å²) in [5.41, 5.74) is 1.73. The SMILES string of the molecule is CCOC(O)c1cc[nH]c1CCOCCOC. The number of aliphatic hydroxyl groups excluding tert-OH is 1. The van der Waals surface area contributed by atoms with Crippen LogP contribution in [0.5, 0.6) is 0 Å². The van der Waals surface area contributed by atoms with Gasteiger partial charge in [-0.3, -0.25) is 0 Å². The minimum absolute atomic E-state index is 0.482. The van der Waals surface area contributed by atoms with E-state index in [4.69, 9.17) is 14.2 Å². The maximum absolute atomic E-state index is 9.73. The lowest BCUT2D eigenvalue weighted by Crippen LogP contribution is -2.09. The Bertz CT molecular complexity index is 300. The molecule has 0 spiro atoms. The molecule has 1 unspecified atom stereocenters. The van der Waals surface area contributed by atoms with Crippen LogP contribution < -0.4 is 0 Å². The Labute approximate surface area is 102 Å². The second-order valence-corrected chi connectivity index (χ2v) is 3.57. The lowest BCUT2D eigenvalue weighted by Gasteiger charge is -2.11. The van der Waals surface area contributed by atoms with Crippen LogP contribution in [-0.4, -0.2) is 43.6 Å². The van der Waals surface area contributed by atoms with Crippen molar-refractivity contribution < 1.29 is 19.3 Å². The molecular weight excluding hydrogens is 222 g/mol. The standard InChI is InChI=1S/C12H21NO4/c1-3-17-12(14)10-4-6-13-11(10)5-7-16-9-8-15-2/h4,6,12-14H,3,5,7-9H2,1-2H3. The number of ether oxygens (including phenoxy) is 3. The molecule has 1 aromatic rings. The highest BCUT2D eigenvalue weighted by Crippen LogP contribution is 2.18. The van der Waals surface area contributed by atoms with Gasteiger partial charge in [-0.15, -0.1) is 0 Å². The van der Waals surface area contributed by atoms with Gasteiger partial charge in [-0.25, -0.2) is 0 Å². The van der Waals surface area contributed by atoms with Crippen molar-refractivity contribution in [1.82, 2.24) is 4.98 Å². The monoisotopic (exact) mass is 243 g/mol. The molecule has 5 nitrogen and oxygen atoms in total. The van der Waals surface area contributed by atoms with E-state index in [9.17, 15) is 5.11 Å². The zero-order valence-electron chi connectivity index (χ0n) is 10.4. The summed E-state index contributed by atoms with van der Waals surface area (Å²) in [4.78, 5) is 3.08. The lowest BCUT2D eigenvalue weighted by atomic mass is 10.2. The molecule has 1 rings (SSSR count). The molecule has 1 aromatic heterocycles. The highest BCUT2D eigenvalue weighted by molar-refractivity contribution is 5.21. The Morgan fingerprint density at radius 2 is 2.18 bits per heavy atom. The smallest absolute Gasteiger partial charge is 0.182 e. The number of hydrogen-bond donors (Lipinski definition) is 2. The van der Waals surface area contributed by atoms with Crippen LogP contribution in [0.2, 0.25) is 0 Å². The number of nitrogens with one attached hydrogen (secondary N) is 1. The average Bonchev–Trinajstić information content (AvgIpc) is 2.77. The fourth-order valence-electron chi connectivity index (χ4n) is 1.53. The summed E-state index contributed by atoms with van der Waals surface area (Å²) in [6.07, 6.45) is 1.65. The van der Waals surface area contributed by atoms with Crippen LogP contribution in [-0.2, 0) is 20.6 Å². The highest BCUT2D eigenvalue weighted by Gasteiger charge is 2.12. The van der Waals surface area contributed by atoms with Crippen molar-refractivity contribution >= 4 is 0 Å². The third-order valence-electron chi connectivity index (χ3n) is 2.39. The number of rotatable bonds is 9. The van der Waals surface area contributed by atoms with Gasteiger partial charge in [-0.1, -0.05) is 0 Å². The summed E-state index contributed by atoms with van der Waals surface area (Å²) in [5, 5.41) is 9.73. The van der Waals surface area contributed by atoms with Crippen molar-refractivity contribution in [2.24, 2.45) is 0 Å². The summed E-state index contributed by atoms with van der Waals surface area (Å²) < 4.78 is 15.4. The molecule has 0 amide bonds. The molecule has 0 saturated carbocycles. The summed E-state index contributed by atoms with van der Waals surface area (Å²) in [5.74, 6) is 0. The summed E-state index contributed by atoms with van der Waals surface area (Å²) in [6, 6.07) is 1.82. The topological polar surface area (TPSA) is 63.7 Å². The lowest BCUT2D eigenvalue weighted by molar-refractivity contribution is -0.0984. The Morgan fingerprint density at radius 1 is 1.35 bits per heavy atom. The zero-order valence-corrected chi connectivity index (χ0v) is 10.4. The first-order valence-electron chi connectivity index (χ1n) is 5.82. The van der Waals surface area contributed by atoms with E-state index in [1.807, 2.05) is 13.0 Å². The van der Waals surface area contributed by atoms with Crippen LogP contribution >= 0.6 is 0 Å². The van der Waals surface area contributed by atoms with Gasteiger partial charge in [-0.2, -0.15) is 0 Å². The van der Waals surface area contributed by atoms with E-state index in [2.05, 4.69) is 4.98 Å². The van der Waals surface area contributed by atoms with Crippen LogP contribution in [0.4, 0.5) is 0 Å². The molecule has 0 saturated heterocycles. The number of H-pyrrole nitrogens is 1. The van der Waals surface area contributed by atoms with Gasteiger partial charge in [0, 0.05) is 37.6 Å². The molecule has 1 atom stereocenters. The van der Waals surface area contributed by atoms with Crippen molar-refractivity contribution in [2.75, 3.05) is 33.5 Å². The van der Waals surface area contributed by atoms with E-state index < -0.39 is 6.29 Å². The van der Waals surface area contributed by atoms with Crippen molar-refractivity contribution in [3.05, 3.63) is 23.5 Å². The van der Waals surface area contributed by atoms with Gasteiger partial charge in [0.1, 0.15) is 0 Å². The van der Waals surface area contributed by atoms with Gasteiger partial charge in [0.05, 0.1) is 19.8 Å². The second-order valence-electron chi connectivity index (χ2n) is 3.57. The van der Waals surface area contributed by atoms with Gasteiger partial charge < -0.3 is 24.3 Å². The van der Waals surface area contributed by atoms with Crippen molar-refractivity contribution in [3.63, 3.8) is 0 Å². The Morgan fingerprint density at radius 3 is 2.88 bits per heavy atom. The number of methoxy groups -OCH3 is 1. The normalized spacial score (nSPS) is 12.9. The van der Waals surface area contributed by atoms with E-state index >= 15 is 0 Å². The van der Waals surface area contributed by atoms with Gasteiger partial charge in [0.15, 0.2) is 6.29 Å². The minimum Gasteiger partial charge on any atom is -0.382 e. The summed E-state index contributed by atoms with van der Waals surface area (Å²) in [7, 11) is 1.64. The third kappa shape index (κ3) is 4.87. The largest absolute Gasteiger partial charge is 0.382 e. The molecule has 0 fully saturated rings. The molecule has 1 heterocycles. The first-order chi connectivity index (χ1) is 8.29. The van der Waals surface area contributed by atoms with Gasteiger partial charge in [0.2, 0.25) is 0 Å². The van der Waals surface area contributed by atoms with Crippen molar-refractivity contribution in [1.29, 1.82) is 0 Å². The Balaban J connectivity index is 2.35. The van der Waals surface area contributed by atoms with Gasteiger partial charge >= 0.3 is 0 Å². The molecule has 0 bridgehead atoms. The molecule has 0 aromatic carbocycles. The highest BCUT2D eigenvalue weighted by atomic mass is 16.6. The fourth-order valence-corrected chi connectivity index (χ4v) is 1.53. The summed E-state index contributed by atoms with van der Waals surface area (Å²) >= 11 is 0. The zero-order chi connectivity index (χ0) is 12.5. The molecule has 0 aliphatic heterocycles. The number of hydrogen-bond acceptors (Lipinski definition) is 4. The summed E-state index contributed by atoms with van der Waals surface area (Å²) in [6.45, 7) is 4.11. The van der Waals surface area contributed by atoms with Crippen LogP contribution in [0.3, 0.4) is 0 Å². The quantitative estimate of drug-likeness (QED) is 0.506. The van der Waals surface area contributed by atoms with Crippen LogP contribution in [0.25, 0.3) is 0 Å². The van der Waals surface area contributed by atoms with Crippen molar-refractivity contribution in [3.8, 4) is 0 Å². The van der Waals surface area contributed by atoms with E-state index in [0.717, 1.165) is 17.7 Å². The maximum atomic E-state index is 9.73. The molecule has 98 valence electrons. The maximum Gasteiger partial charge on any atom is 0.182 e. The fraction of sp³-hybridized carbons (Fsp3) is 0.667. The predicted octanol–water partition coefficient (Wildman–Crippen LogP) is 1.25. The molecule has 0 radical (unpaired) electrons. The van der Waals surface area contributed by atoms with Gasteiger partial charge in [-0.05, 0) is 13.0 Å². The van der Waals surface area contributed by atoms with E-state index in [1.165, 1.54) is 0 Å². The molecule has 17 heavy (non-hydrogen) atoms. The first-order valence-corrected chi connectivity index (χ1v) is 5.82. The first kappa shape index (κ1) is 14.2. The van der Waals surface area contributed by atoms with E-state index in [0.29, 0.717) is 26.4 Å².